The van der Waals surface area contributed by atoms with Crippen LogP contribution in [0, 0.1) is 0 Å². The normalized spacial score (nSPS) is 12.3. The van der Waals surface area contributed by atoms with Crippen molar-refractivity contribution >= 4 is 11.7 Å². The molecule has 1 aromatic carbocycles. The molecular formula is C13H18F2N2O3. The third kappa shape index (κ3) is 5.10. The number of urea groups is 1. The van der Waals surface area contributed by atoms with Gasteiger partial charge in [0, 0.05) is 12.2 Å². The van der Waals surface area contributed by atoms with Gasteiger partial charge in [-0.15, -0.1) is 0 Å². The molecule has 0 saturated heterocycles. The van der Waals surface area contributed by atoms with Gasteiger partial charge in [-0.05, 0) is 24.6 Å². The second-order valence-electron chi connectivity index (χ2n) is 4.29. The molecular weight excluding hydrogens is 270 g/mol. The summed E-state index contributed by atoms with van der Waals surface area (Å²) in [5.74, 6) is 0. The lowest BCUT2D eigenvalue weighted by molar-refractivity contribution is 0.0943. The Labute approximate surface area is 115 Å². The molecule has 3 N–H and O–H groups in total. The molecule has 112 valence electrons. The minimum atomic E-state index is -2.66. The van der Waals surface area contributed by atoms with Gasteiger partial charge < -0.3 is 20.4 Å². The van der Waals surface area contributed by atoms with Gasteiger partial charge in [0.1, 0.15) is 0 Å². The maximum Gasteiger partial charge on any atom is 0.322 e. The Balaban J connectivity index is 2.67. The van der Waals surface area contributed by atoms with Gasteiger partial charge in [-0.3, -0.25) is 0 Å². The Morgan fingerprint density at radius 2 is 1.95 bits per heavy atom. The Morgan fingerprint density at radius 3 is 2.40 bits per heavy atom. The second-order valence-corrected chi connectivity index (χ2v) is 4.29. The molecule has 0 saturated carbocycles. The lowest BCUT2D eigenvalue weighted by Gasteiger charge is -2.21. The number of carbonyl (C=O) groups excluding carboxylic acids is 1. The number of halogens is 2. The fourth-order valence-electron chi connectivity index (χ4n) is 1.61. The smallest absolute Gasteiger partial charge is 0.322 e. The Hall–Kier alpha value is -1.73. The molecule has 0 spiro atoms. The number of rotatable bonds is 6. The first kappa shape index (κ1) is 16.3. The number of nitrogens with one attached hydrogen (secondary N) is 1. The van der Waals surface area contributed by atoms with Crippen LogP contribution in [0.1, 0.15) is 18.6 Å². The number of nitrogens with zero attached hydrogens (tertiary/aromatic N) is 1. The van der Waals surface area contributed by atoms with E-state index in [1.807, 2.05) is 0 Å². The molecule has 2 amide bonds. The van der Waals surface area contributed by atoms with Gasteiger partial charge in [0.25, 0.3) is 6.43 Å². The topological polar surface area (TPSA) is 72.8 Å². The minimum Gasteiger partial charge on any atom is -0.395 e. The lowest BCUT2D eigenvalue weighted by Crippen LogP contribution is -2.40. The molecule has 5 nitrogen and oxygen atoms in total. The van der Waals surface area contributed by atoms with Crippen LogP contribution in [0.2, 0.25) is 0 Å². The summed E-state index contributed by atoms with van der Waals surface area (Å²) in [6, 6.07) is 5.69. The predicted molar refractivity (Wildman–Crippen MR) is 70.8 cm³/mol. The van der Waals surface area contributed by atoms with Crippen molar-refractivity contribution in [2.24, 2.45) is 0 Å². The summed E-state index contributed by atoms with van der Waals surface area (Å²) >= 11 is 0. The van der Waals surface area contributed by atoms with Crippen molar-refractivity contribution in [3.63, 3.8) is 0 Å². The average molecular weight is 288 g/mol. The SMILES string of the molecule is CC(O)c1ccc(NC(=O)N(CCO)CC(F)F)cc1. The van der Waals surface area contributed by atoms with Crippen LogP contribution in [0.25, 0.3) is 0 Å². The number of carbonyl (C=O) groups is 1. The molecule has 0 aliphatic rings. The fraction of sp³-hybridized carbons (Fsp3) is 0.462. The van der Waals surface area contributed by atoms with E-state index in [-0.39, 0.29) is 13.2 Å². The van der Waals surface area contributed by atoms with Crippen LogP contribution in [-0.4, -0.2) is 47.3 Å². The molecule has 1 rings (SSSR count). The van der Waals surface area contributed by atoms with E-state index >= 15 is 0 Å². The number of amides is 2. The van der Waals surface area contributed by atoms with Crippen molar-refractivity contribution in [3.8, 4) is 0 Å². The summed E-state index contributed by atoms with van der Waals surface area (Å²) in [5.41, 5.74) is 1.11. The molecule has 1 aromatic rings. The van der Waals surface area contributed by atoms with Crippen molar-refractivity contribution in [3.05, 3.63) is 29.8 Å². The summed E-state index contributed by atoms with van der Waals surface area (Å²) in [5, 5.41) is 20.6. The van der Waals surface area contributed by atoms with E-state index < -0.39 is 25.1 Å². The number of hydrogen-bond acceptors (Lipinski definition) is 3. The molecule has 0 radical (unpaired) electrons. The summed E-state index contributed by atoms with van der Waals surface area (Å²) in [6.07, 6.45) is -3.28. The zero-order valence-corrected chi connectivity index (χ0v) is 11.1. The molecule has 0 heterocycles. The van der Waals surface area contributed by atoms with E-state index in [9.17, 15) is 18.7 Å². The zero-order chi connectivity index (χ0) is 15.1. The van der Waals surface area contributed by atoms with Crippen LogP contribution in [0.4, 0.5) is 19.3 Å². The van der Waals surface area contributed by atoms with Gasteiger partial charge in [-0.25, -0.2) is 13.6 Å². The Morgan fingerprint density at radius 1 is 1.35 bits per heavy atom. The Kier molecular flexibility index (Phi) is 6.33. The summed E-state index contributed by atoms with van der Waals surface area (Å²) in [7, 11) is 0. The van der Waals surface area contributed by atoms with Crippen LogP contribution >= 0.6 is 0 Å². The number of benzene rings is 1. The Bertz CT molecular complexity index is 424. The third-order valence-corrected chi connectivity index (χ3v) is 2.66. The molecule has 20 heavy (non-hydrogen) atoms. The average Bonchev–Trinajstić information content (AvgIpc) is 2.38. The molecule has 1 unspecified atom stereocenters. The molecule has 1 atom stereocenters. The van der Waals surface area contributed by atoms with Crippen molar-refractivity contribution in [1.29, 1.82) is 0 Å². The number of anilines is 1. The quantitative estimate of drug-likeness (QED) is 0.747. The molecule has 0 aliphatic heterocycles. The van der Waals surface area contributed by atoms with E-state index in [4.69, 9.17) is 5.11 Å². The highest BCUT2D eigenvalue weighted by Gasteiger charge is 2.17. The number of alkyl halides is 2. The minimum absolute atomic E-state index is 0.165. The molecule has 0 bridgehead atoms. The molecule has 7 heteroatoms. The van der Waals surface area contributed by atoms with Gasteiger partial charge in [0.2, 0.25) is 0 Å². The first-order chi connectivity index (χ1) is 9.43. The highest BCUT2D eigenvalue weighted by Crippen LogP contribution is 2.16. The first-order valence-corrected chi connectivity index (χ1v) is 6.17. The lowest BCUT2D eigenvalue weighted by atomic mass is 10.1. The molecule has 0 aliphatic carbocycles. The largest absolute Gasteiger partial charge is 0.395 e. The van der Waals surface area contributed by atoms with Crippen molar-refractivity contribution < 1.29 is 23.8 Å². The van der Waals surface area contributed by atoms with Crippen molar-refractivity contribution in [2.45, 2.75) is 19.5 Å². The van der Waals surface area contributed by atoms with Gasteiger partial charge in [-0.1, -0.05) is 12.1 Å². The molecule has 0 fully saturated rings. The second kappa shape index (κ2) is 7.76. The first-order valence-electron chi connectivity index (χ1n) is 6.17. The maximum atomic E-state index is 12.3. The van der Waals surface area contributed by atoms with Crippen molar-refractivity contribution in [1.82, 2.24) is 4.90 Å². The monoisotopic (exact) mass is 288 g/mol. The maximum absolute atomic E-state index is 12.3. The fourth-order valence-corrected chi connectivity index (χ4v) is 1.61. The highest BCUT2D eigenvalue weighted by molar-refractivity contribution is 5.89. The number of aliphatic hydroxyl groups is 2. The van der Waals surface area contributed by atoms with Crippen molar-refractivity contribution in [2.75, 3.05) is 25.0 Å². The van der Waals surface area contributed by atoms with Crippen LogP contribution in [0.15, 0.2) is 24.3 Å². The van der Waals surface area contributed by atoms with E-state index in [2.05, 4.69) is 5.32 Å². The van der Waals surface area contributed by atoms with Crippen LogP contribution in [0.3, 0.4) is 0 Å². The third-order valence-electron chi connectivity index (χ3n) is 2.66. The van der Waals surface area contributed by atoms with Gasteiger partial charge in [-0.2, -0.15) is 0 Å². The summed E-state index contributed by atoms with van der Waals surface area (Å²) in [6.45, 7) is 0.320. The zero-order valence-electron chi connectivity index (χ0n) is 11.1. The highest BCUT2D eigenvalue weighted by atomic mass is 19.3. The van der Waals surface area contributed by atoms with Gasteiger partial charge in [0.15, 0.2) is 0 Å². The van der Waals surface area contributed by atoms with E-state index in [1.165, 1.54) is 0 Å². The van der Waals surface area contributed by atoms with E-state index in [0.717, 1.165) is 4.90 Å². The van der Waals surface area contributed by atoms with Gasteiger partial charge >= 0.3 is 6.03 Å². The summed E-state index contributed by atoms with van der Waals surface area (Å²) in [4.78, 5) is 12.6. The van der Waals surface area contributed by atoms with Crippen LogP contribution in [-0.2, 0) is 0 Å². The van der Waals surface area contributed by atoms with E-state index in [1.54, 1.807) is 31.2 Å². The summed E-state index contributed by atoms with van der Waals surface area (Å²) < 4.78 is 24.6. The van der Waals surface area contributed by atoms with Crippen LogP contribution in [0.5, 0.6) is 0 Å². The number of hydrogen-bond donors (Lipinski definition) is 3. The predicted octanol–water partition coefficient (Wildman–Crippen LogP) is 1.83. The standard InChI is InChI=1S/C13H18F2N2O3/c1-9(19)10-2-4-11(5-3-10)16-13(20)17(6-7-18)8-12(14)15/h2-5,9,12,18-19H,6-8H2,1H3,(H,16,20). The van der Waals surface area contributed by atoms with Gasteiger partial charge in [0.05, 0.1) is 19.3 Å². The van der Waals surface area contributed by atoms with E-state index in [0.29, 0.717) is 11.3 Å². The molecule has 0 aromatic heterocycles. The van der Waals surface area contributed by atoms with Crippen LogP contribution < -0.4 is 5.32 Å². The number of aliphatic hydroxyl groups excluding tert-OH is 2.